The standard InChI is InChI=1S/C18H27FN4O3/c1-18(2,23-7-9-26-10-8-23)13-22-16(24)12-21-17(25)20-11-14-3-5-15(19)6-4-14/h3-6H,7-13H2,1-2H3,(H,22,24)(H2,20,21,25). The molecule has 0 aromatic heterocycles. The monoisotopic (exact) mass is 366 g/mol. The van der Waals surface area contributed by atoms with Gasteiger partial charge >= 0.3 is 6.03 Å². The van der Waals surface area contributed by atoms with E-state index < -0.39 is 6.03 Å². The average molecular weight is 366 g/mol. The van der Waals surface area contributed by atoms with Gasteiger partial charge in [-0.1, -0.05) is 12.1 Å². The van der Waals surface area contributed by atoms with Gasteiger partial charge in [-0.2, -0.15) is 0 Å². The number of amides is 3. The van der Waals surface area contributed by atoms with Crippen LogP contribution in [0.5, 0.6) is 0 Å². The minimum atomic E-state index is -0.447. The molecule has 26 heavy (non-hydrogen) atoms. The van der Waals surface area contributed by atoms with Gasteiger partial charge in [-0.25, -0.2) is 9.18 Å². The third-order valence-corrected chi connectivity index (χ3v) is 4.36. The normalized spacial score (nSPS) is 15.3. The summed E-state index contributed by atoms with van der Waals surface area (Å²) in [5, 5.41) is 7.98. The lowest BCUT2D eigenvalue weighted by molar-refractivity contribution is -0.120. The van der Waals surface area contributed by atoms with Crippen LogP contribution < -0.4 is 16.0 Å². The Morgan fingerprint density at radius 2 is 1.77 bits per heavy atom. The fraction of sp³-hybridized carbons (Fsp3) is 0.556. The molecule has 1 fully saturated rings. The van der Waals surface area contributed by atoms with Crippen molar-refractivity contribution < 1.29 is 18.7 Å². The van der Waals surface area contributed by atoms with E-state index in [-0.39, 0.29) is 30.4 Å². The maximum Gasteiger partial charge on any atom is 0.315 e. The number of hydrogen-bond donors (Lipinski definition) is 3. The highest BCUT2D eigenvalue weighted by Crippen LogP contribution is 2.14. The zero-order chi connectivity index (χ0) is 19.0. The van der Waals surface area contributed by atoms with Gasteiger partial charge in [-0.15, -0.1) is 0 Å². The van der Waals surface area contributed by atoms with E-state index in [1.807, 2.05) is 0 Å². The number of hydrogen-bond acceptors (Lipinski definition) is 4. The molecule has 3 amide bonds. The Balaban J connectivity index is 1.64. The molecule has 0 unspecified atom stereocenters. The quantitative estimate of drug-likeness (QED) is 0.668. The second-order valence-corrected chi connectivity index (χ2v) is 6.85. The highest BCUT2D eigenvalue weighted by Gasteiger charge is 2.28. The summed E-state index contributed by atoms with van der Waals surface area (Å²) in [6.45, 7) is 7.87. The van der Waals surface area contributed by atoms with Gasteiger partial charge in [0, 0.05) is 31.7 Å². The summed E-state index contributed by atoms with van der Waals surface area (Å²) >= 11 is 0. The third kappa shape index (κ3) is 6.61. The number of nitrogens with one attached hydrogen (secondary N) is 3. The van der Waals surface area contributed by atoms with Crippen molar-refractivity contribution >= 4 is 11.9 Å². The van der Waals surface area contributed by atoms with E-state index in [4.69, 9.17) is 4.74 Å². The zero-order valence-electron chi connectivity index (χ0n) is 15.3. The summed E-state index contributed by atoms with van der Waals surface area (Å²) in [5.74, 6) is -0.571. The molecule has 2 rings (SSSR count). The number of benzene rings is 1. The summed E-state index contributed by atoms with van der Waals surface area (Å²) in [6.07, 6.45) is 0. The second kappa shape index (κ2) is 9.49. The van der Waals surface area contributed by atoms with E-state index in [1.54, 1.807) is 12.1 Å². The van der Waals surface area contributed by atoms with Gasteiger partial charge in [0.15, 0.2) is 0 Å². The molecule has 3 N–H and O–H groups in total. The van der Waals surface area contributed by atoms with Crippen LogP contribution in [-0.2, 0) is 16.1 Å². The Hall–Kier alpha value is -2.19. The van der Waals surface area contributed by atoms with Crippen molar-refractivity contribution in [2.75, 3.05) is 39.4 Å². The largest absolute Gasteiger partial charge is 0.379 e. The zero-order valence-corrected chi connectivity index (χ0v) is 15.3. The summed E-state index contributed by atoms with van der Waals surface area (Å²) < 4.78 is 18.2. The molecule has 8 heteroatoms. The van der Waals surface area contributed by atoms with Gasteiger partial charge in [0.25, 0.3) is 0 Å². The van der Waals surface area contributed by atoms with Crippen LogP contribution in [0.25, 0.3) is 0 Å². The topological polar surface area (TPSA) is 82.7 Å². The number of ether oxygens (including phenoxy) is 1. The number of rotatable bonds is 7. The van der Waals surface area contributed by atoms with E-state index in [0.29, 0.717) is 19.8 Å². The van der Waals surface area contributed by atoms with Gasteiger partial charge in [0.1, 0.15) is 5.82 Å². The lowest BCUT2D eigenvalue weighted by Crippen LogP contribution is -2.56. The van der Waals surface area contributed by atoms with Crippen molar-refractivity contribution in [2.45, 2.75) is 25.9 Å². The van der Waals surface area contributed by atoms with Crippen LogP contribution in [0.15, 0.2) is 24.3 Å². The highest BCUT2D eigenvalue weighted by molar-refractivity contribution is 5.83. The van der Waals surface area contributed by atoms with Crippen LogP contribution in [0, 0.1) is 5.82 Å². The SMILES string of the molecule is CC(C)(CNC(=O)CNC(=O)NCc1ccc(F)cc1)N1CCOCC1. The van der Waals surface area contributed by atoms with Crippen LogP contribution in [0.2, 0.25) is 0 Å². The van der Waals surface area contributed by atoms with Gasteiger partial charge in [0.2, 0.25) is 5.91 Å². The first-order chi connectivity index (χ1) is 12.4. The molecule has 1 aliphatic heterocycles. The molecule has 1 saturated heterocycles. The van der Waals surface area contributed by atoms with Crippen LogP contribution in [0.4, 0.5) is 9.18 Å². The minimum absolute atomic E-state index is 0.103. The predicted octanol–water partition coefficient (Wildman–Crippen LogP) is 0.852. The Morgan fingerprint density at radius 3 is 2.42 bits per heavy atom. The van der Waals surface area contributed by atoms with E-state index in [2.05, 4.69) is 34.7 Å². The van der Waals surface area contributed by atoms with E-state index in [9.17, 15) is 14.0 Å². The van der Waals surface area contributed by atoms with E-state index in [0.717, 1.165) is 18.7 Å². The van der Waals surface area contributed by atoms with E-state index >= 15 is 0 Å². The number of morpholine rings is 1. The number of nitrogens with zero attached hydrogens (tertiary/aromatic N) is 1. The maximum absolute atomic E-state index is 12.8. The number of urea groups is 1. The highest BCUT2D eigenvalue weighted by atomic mass is 19.1. The van der Waals surface area contributed by atoms with Crippen molar-refractivity contribution in [1.82, 2.24) is 20.9 Å². The first-order valence-corrected chi connectivity index (χ1v) is 8.72. The van der Waals surface area contributed by atoms with Gasteiger partial charge in [-0.05, 0) is 31.5 Å². The molecular weight excluding hydrogens is 339 g/mol. The lowest BCUT2D eigenvalue weighted by atomic mass is 10.0. The Kier molecular flexibility index (Phi) is 7.35. The molecule has 0 bridgehead atoms. The maximum atomic E-state index is 12.8. The van der Waals surface area contributed by atoms with Crippen LogP contribution in [0.3, 0.4) is 0 Å². The number of carbonyl (C=O) groups excluding carboxylic acids is 2. The van der Waals surface area contributed by atoms with Crippen molar-refractivity contribution in [3.63, 3.8) is 0 Å². The molecule has 1 aromatic rings. The van der Waals surface area contributed by atoms with Gasteiger partial charge in [0.05, 0.1) is 19.8 Å². The molecule has 0 atom stereocenters. The molecule has 7 nitrogen and oxygen atoms in total. The lowest BCUT2D eigenvalue weighted by Gasteiger charge is -2.40. The summed E-state index contributed by atoms with van der Waals surface area (Å²) in [5.41, 5.74) is 0.600. The van der Waals surface area contributed by atoms with Crippen molar-refractivity contribution in [2.24, 2.45) is 0 Å². The van der Waals surface area contributed by atoms with Gasteiger partial charge < -0.3 is 20.7 Å². The summed E-state index contributed by atoms with van der Waals surface area (Å²) in [6, 6.07) is 5.40. The van der Waals surface area contributed by atoms with Crippen LogP contribution in [0.1, 0.15) is 19.4 Å². The predicted molar refractivity (Wildman–Crippen MR) is 96.1 cm³/mol. The first-order valence-electron chi connectivity index (χ1n) is 8.72. The fourth-order valence-electron chi connectivity index (χ4n) is 2.67. The second-order valence-electron chi connectivity index (χ2n) is 6.85. The molecule has 0 saturated carbocycles. The summed E-state index contributed by atoms with van der Waals surface area (Å²) in [4.78, 5) is 26.0. The molecule has 1 aromatic carbocycles. The van der Waals surface area contributed by atoms with Gasteiger partial charge in [-0.3, -0.25) is 9.69 Å². The molecule has 1 aliphatic rings. The molecule has 0 aliphatic carbocycles. The third-order valence-electron chi connectivity index (χ3n) is 4.36. The Morgan fingerprint density at radius 1 is 1.12 bits per heavy atom. The molecular formula is C18H27FN4O3. The summed E-state index contributed by atoms with van der Waals surface area (Å²) in [7, 11) is 0. The van der Waals surface area contributed by atoms with Crippen LogP contribution >= 0.6 is 0 Å². The smallest absolute Gasteiger partial charge is 0.315 e. The van der Waals surface area contributed by atoms with Crippen molar-refractivity contribution in [3.8, 4) is 0 Å². The van der Waals surface area contributed by atoms with Crippen molar-refractivity contribution in [1.29, 1.82) is 0 Å². The van der Waals surface area contributed by atoms with Crippen molar-refractivity contribution in [3.05, 3.63) is 35.6 Å². The first kappa shape index (κ1) is 20.1. The Labute approximate surface area is 153 Å². The minimum Gasteiger partial charge on any atom is -0.379 e. The molecule has 0 spiro atoms. The molecule has 144 valence electrons. The Bertz CT molecular complexity index is 601. The van der Waals surface area contributed by atoms with Crippen LogP contribution in [-0.4, -0.2) is 61.8 Å². The number of carbonyl (C=O) groups is 2. The molecule has 1 heterocycles. The van der Waals surface area contributed by atoms with E-state index in [1.165, 1.54) is 12.1 Å². The number of halogens is 1. The molecule has 0 radical (unpaired) electrons. The average Bonchev–Trinajstić information content (AvgIpc) is 2.65. The fourth-order valence-corrected chi connectivity index (χ4v) is 2.67.